The van der Waals surface area contributed by atoms with E-state index in [1.54, 1.807) is 0 Å². The first-order valence-corrected chi connectivity index (χ1v) is 6.43. The topological polar surface area (TPSA) is 24.9 Å². The molecular formula is C14H22N2. The molecule has 0 aromatic carbocycles. The molecule has 16 heavy (non-hydrogen) atoms. The summed E-state index contributed by atoms with van der Waals surface area (Å²) >= 11 is 0. The van der Waals surface area contributed by atoms with E-state index in [-0.39, 0.29) is 0 Å². The van der Waals surface area contributed by atoms with Gasteiger partial charge in [-0.05, 0) is 49.7 Å². The van der Waals surface area contributed by atoms with E-state index >= 15 is 0 Å². The van der Waals surface area contributed by atoms with Gasteiger partial charge in [0, 0.05) is 12.2 Å². The van der Waals surface area contributed by atoms with E-state index in [9.17, 15) is 0 Å². The molecule has 0 atom stereocenters. The molecule has 0 radical (unpaired) electrons. The molecular weight excluding hydrogens is 196 g/mol. The molecule has 1 fully saturated rings. The van der Waals surface area contributed by atoms with Crippen molar-refractivity contribution >= 4 is 5.82 Å². The molecule has 0 spiro atoms. The van der Waals surface area contributed by atoms with Crippen LogP contribution in [0.2, 0.25) is 0 Å². The van der Waals surface area contributed by atoms with E-state index < -0.39 is 0 Å². The van der Waals surface area contributed by atoms with E-state index in [1.807, 2.05) is 18.3 Å². The minimum absolute atomic E-state index is 0.630. The largest absolute Gasteiger partial charge is 0.367 e. The molecule has 2 nitrogen and oxygen atoms in total. The van der Waals surface area contributed by atoms with Crippen LogP contribution in [-0.4, -0.2) is 11.0 Å². The number of aromatic nitrogens is 1. The van der Waals surface area contributed by atoms with E-state index in [2.05, 4.69) is 30.2 Å². The predicted molar refractivity (Wildman–Crippen MR) is 68.4 cm³/mol. The molecule has 1 aromatic heterocycles. The molecule has 1 N–H and O–H groups in total. The van der Waals surface area contributed by atoms with Gasteiger partial charge in [0.25, 0.3) is 0 Å². The lowest BCUT2D eigenvalue weighted by molar-refractivity contribution is 0.266. The molecule has 0 bridgehead atoms. The average molecular weight is 218 g/mol. The quantitative estimate of drug-likeness (QED) is 0.836. The zero-order chi connectivity index (χ0) is 11.4. The highest BCUT2D eigenvalue weighted by Gasteiger charge is 2.22. The first kappa shape index (κ1) is 11.4. The summed E-state index contributed by atoms with van der Waals surface area (Å²) in [6.07, 6.45) is 7.16. The van der Waals surface area contributed by atoms with Gasteiger partial charge in [-0.15, -0.1) is 0 Å². The van der Waals surface area contributed by atoms with Crippen LogP contribution in [0.1, 0.15) is 39.5 Å². The number of hydrogen-bond acceptors (Lipinski definition) is 2. The summed E-state index contributed by atoms with van der Waals surface area (Å²) in [7, 11) is 0. The summed E-state index contributed by atoms with van der Waals surface area (Å²) in [5, 5.41) is 3.53. The Morgan fingerprint density at radius 3 is 2.50 bits per heavy atom. The molecule has 2 rings (SSSR count). The average Bonchev–Trinajstić information content (AvgIpc) is 2.31. The summed E-state index contributed by atoms with van der Waals surface area (Å²) in [5.41, 5.74) is 0. The summed E-state index contributed by atoms with van der Waals surface area (Å²) in [5.74, 6) is 2.80. The highest BCUT2D eigenvalue weighted by molar-refractivity contribution is 5.34. The van der Waals surface area contributed by atoms with E-state index in [4.69, 9.17) is 0 Å². The van der Waals surface area contributed by atoms with Crippen LogP contribution >= 0.6 is 0 Å². The maximum Gasteiger partial charge on any atom is 0.126 e. The van der Waals surface area contributed by atoms with Gasteiger partial charge in [0.1, 0.15) is 5.82 Å². The van der Waals surface area contributed by atoms with Crippen LogP contribution in [0.5, 0.6) is 0 Å². The van der Waals surface area contributed by atoms with Crippen molar-refractivity contribution in [2.45, 2.75) is 45.6 Å². The van der Waals surface area contributed by atoms with Crippen LogP contribution in [0.4, 0.5) is 5.82 Å². The van der Waals surface area contributed by atoms with Gasteiger partial charge in [0.15, 0.2) is 0 Å². The van der Waals surface area contributed by atoms with E-state index in [1.165, 1.54) is 25.7 Å². The fourth-order valence-electron chi connectivity index (χ4n) is 2.59. The Morgan fingerprint density at radius 2 is 1.94 bits per heavy atom. The highest BCUT2D eigenvalue weighted by Crippen LogP contribution is 2.30. The van der Waals surface area contributed by atoms with Gasteiger partial charge in [-0.1, -0.05) is 19.9 Å². The second-order valence-corrected chi connectivity index (χ2v) is 5.22. The Balaban J connectivity index is 1.82. The normalized spacial score (nSPS) is 25.7. The third-order valence-corrected chi connectivity index (χ3v) is 3.73. The van der Waals surface area contributed by atoms with Crippen LogP contribution in [0, 0.1) is 11.8 Å². The molecule has 1 saturated carbocycles. The molecule has 1 aliphatic rings. The Morgan fingerprint density at radius 1 is 1.19 bits per heavy atom. The molecule has 0 unspecified atom stereocenters. The van der Waals surface area contributed by atoms with Gasteiger partial charge < -0.3 is 5.32 Å². The third kappa shape index (κ3) is 2.97. The number of nitrogens with zero attached hydrogens (tertiary/aromatic N) is 1. The Hall–Kier alpha value is -1.05. The molecule has 0 saturated heterocycles. The third-order valence-electron chi connectivity index (χ3n) is 3.73. The van der Waals surface area contributed by atoms with Gasteiger partial charge in [0.05, 0.1) is 0 Å². The lowest BCUT2D eigenvalue weighted by Gasteiger charge is -2.31. The highest BCUT2D eigenvalue weighted by atomic mass is 15.0. The maximum absolute atomic E-state index is 4.32. The predicted octanol–water partition coefficient (Wildman–Crippen LogP) is 3.71. The smallest absolute Gasteiger partial charge is 0.126 e. The molecule has 1 aromatic rings. The van der Waals surface area contributed by atoms with Crippen molar-refractivity contribution in [2.24, 2.45) is 11.8 Å². The van der Waals surface area contributed by atoms with Crippen LogP contribution in [0.15, 0.2) is 24.4 Å². The van der Waals surface area contributed by atoms with Gasteiger partial charge in [0.2, 0.25) is 0 Å². The van der Waals surface area contributed by atoms with Crippen molar-refractivity contribution in [3.63, 3.8) is 0 Å². The first-order valence-electron chi connectivity index (χ1n) is 6.43. The van der Waals surface area contributed by atoms with Crippen LogP contribution in [-0.2, 0) is 0 Å². The van der Waals surface area contributed by atoms with Gasteiger partial charge in [-0.3, -0.25) is 0 Å². The zero-order valence-electron chi connectivity index (χ0n) is 10.3. The van der Waals surface area contributed by atoms with Gasteiger partial charge >= 0.3 is 0 Å². The van der Waals surface area contributed by atoms with Crippen molar-refractivity contribution in [1.82, 2.24) is 4.98 Å². The van der Waals surface area contributed by atoms with E-state index in [0.29, 0.717) is 6.04 Å². The number of rotatable bonds is 3. The molecule has 0 amide bonds. The maximum atomic E-state index is 4.32. The summed E-state index contributed by atoms with van der Waals surface area (Å²) in [4.78, 5) is 4.32. The van der Waals surface area contributed by atoms with Crippen molar-refractivity contribution in [3.8, 4) is 0 Å². The van der Waals surface area contributed by atoms with Crippen molar-refractivity contribution < 1.29 is 0 Å². The number of hydrogen-bond donors (Lipinski definition) is 1. The Labute approximate surface area is 98.5 Å². The van der Waals surface area contributed by atoms with Gasteiger partial charge in [-0.2, -0.15) is 0 Å². The SMILES string of the molecule is CC(C)[C@H]1CC[C@H](Nc2ccccn2)CC1. The standard InChI is InChI=1S/C14H22N2/c1-11(2)12-6-8-13(9-7-12)16-14-5-3-4-10-15-14/h3-5,10-13H,6-9H2,1-2H3,(H,15,16)/t12-,13-. The van der Waals surface area contributed by atoms with Crippen molar-refractivity contribution in [3.05, 3.63) is 24.4 Å². The fourth-order valence-corrected chi connectivity index (χ4v) is 2.59. The number of nitrogens with one attached hydrogen (secondary N) is 1. The minimum atomic E-state index is 0.630. The second kappa shape index (κ2) is 5.33. The van der Waals surface area contributed by atoms with Crippen molar-refractivity contribution in [1.29, 1.82) is 0 Å². The molecule has 2 heteroatoms. The lowest BCUT2D eigenvalue weighted by Crippen LogP contribution is -2.28. The minimum Gasteiger partial charge on any atom is -0.367 e. The number of pyridine rings is 1. The molecule has 0 aliphatic heterocycles. The first-order chi connectivity index (χ1) is 7.75. The molecule has 88 valence electrons. The van der Waals surface area contributed by atoms with Crippen LogP contribution in [0.25, 0.3) is 0 Å². The second-order valence-electron chi connectivity index (χ2n) is 5.22. The van der Waals surface area contributed by atoms with Crippen molar-refractivity contribution in [2.75, 3.05) is 5.32 Å². The Kier molecular flexibility index (Phi) is 3.81. The van der Waals surface area contributed by atoms with Crippen LogP contribution < -0.4 is 5.32 Å². The molecule has 1 heterocycles. The summed E-state index contributed by atoms with van der Waals surface area (Å²) in [6, 6.07) is 6.68. The Bertz CT molecular complexity index is 300. The van der Waals surface area contributed by atoms with E-state index in [0.717, 1.165) is 17.7 Å². The number of anilines is 1. The fraction of sp³-hybridized carbons (Fsp3) is 0.643. The monoisotopic (exact) mass is 218 g/mol. The lowest BCUT2D eigenvalue weighted by atomic mass is 9.80. The van der Waals surface area contributed by atoms with Gasteiger partial charge in [-0.25, -0.2) is 4.98 Å². The molecule has 1 aliphatic carbocycles. The summed E-state index contributed by atoms with van der Waals surface area (Å²) in [6.45, 7) is 4.69. The van der Waals surface area contributed by atoms with Crippen LogP contribution in [0.3, 0.4) is 0 Å². The zero-order valence-corrected chi connectivity index (χ0v) is 10.3. The summed E-state index contributed by atoms with van der Waals surface area (Å²) < 4.78 is 0.